The molecule has 0 aliphatic carbocycles. The van der Waals surface area contributed by atoms with E-state index in [0.29, 0.717) is 11.3 Å². The van der Waals surface area contributed by atoms with Crippen molar-refractivity contribution in [3.05, 3.63) is 60.2 Å². The van der Waals surface area contributed by atoms with Crippen molar-refractivity contribution in [1.29, 1.82) is 0 Å². The molecular formula is C16H13F3N2O2. The third-order valence-corrected chi connectivity index (χ3v) is 2.76. The minimum absolute atomic E-state index is 0.131. The van der Waals surface area contributed by atoms with Crippen LogP contribution in [0.2, 0.25) is 0 Å². The van der Waals surface area contributed by atoms with Crippen molar-refractivity contribution in [2.24, 2.45) is 10.7 Å². The Hall–Kier alpha value is -2.83. The van der Waals surface area contributed by atoms with E-state index in [0.717, 1.165) is 6.07 Å². The summed E-state index contributed by atoms with van der Waals surface area (Å²) in [6.45, 7) is 0. The van der Waals surface area contributed by atoms with Gasteiger partial charge in [0.15, 0.2) is 0 Å². The molecule has 0 spiro atoms. The second kappa shape index (κ2) is 6.95. The number of halogens is 3. The molecule has 2 N–H and O–H groups in total. The number of primary amides is 1. The van der Waals surface area contributed by atoms with E-state index in [1.807, 2.05) is 0 Å². The van der Waals surface area contributed by atoms with Crippen molar-refractivity contribution < 1.29 is 22.7 Å². The SMILES string of the molecule is NC(=O)CC(=Nc1cccc(OC(F)(F)F)c1)c1ccccc1. The van der Waals surface area contributed by atoms with Crippen LogP contribution in [0.15, 0.2) is 59.6 Å². The normalized spacial score (nSPS) is 12.0. The molecule has 0 saturated carbocycles. The molecule has 0 atom stereocenters. The van der Waals surface area contributed by atoms with Crippen molar-refractivity contribution in [2.45, 2.75) is 12.8 Å². The molecule has 0 aromatic heterocycles. The Morgan fingerprint density at radius 2 is 1.78 bits per heavy atom. The number of nitrogens with two attached hydrogens (primary N) is 1. The van der Waals surface area contributed by atoms with Crippen molar-refractivity contribution in [1.82, 2.24) is 0 Å². The fourth-order valence-corrected chi connectivity index (χ4v) is 1.91. The predicted octanol–water partition coefficient (Wildman–Crippen LogP) is 3.58. The number of carbonyl (C=O) groups excluding carboxylic acids is 1. The molecule has 0 bridgehead atoms. The lowest BCUT2D eigenvalue weighted by molar-refractivity contribution is -0.274. The van der Waals surface area contributed by atoms with Crippen molar-refractivity contribution >= 4 is 17.3 Å². The molecule has 23 heavy (non-hydrogen) atoms. The Labute approximate surface area is 130 Å². The Morgan fingerprint density at radius 1 is 1.09 bits per heavy atom. The van der Waals surface area contributed by atoms with Gasteiger partial charge in [-0.1, -0.05) is 36.4 Å². The number of amides is 1. The smallest absolute Gasteiger partial charge is 0.406 e. The summed E-state index contributed by atoms with van der Waals surface area (Å²) in [6.07, 6.45) is -4.91. The summed E-state index contributed by atoms with van der Waals surface area (Å²) in [7, 11) is 0. The maximum Gasteiger partial charge on any atom is 0.573 e. The largest absolute Gasteiger partial charge is 0.573 e. The average Bonchev–Trinajstić information content (AvgIpc) is 2.45. The van der Waals surface area contributed by atoms with Crippen LogP contribution in [0.1, 0.15) is 12.0 Å². The Kier molecular flexibility index (Phi) is 5.00. The number of alkyl halides is 3. The van der Waals surface area contributed by atoms with Gasteiger partial charge in [0.05, 0.1) is 17.8 Å². The van der Waals surface area contributed by atoms with Gasteiger partial charge in [-0.3, -0.25) is 9.79 Å². The maximum absolute atomic E-state index is 12.3. The lowest BCUT2D eigenvalue weighted by atomic mass is 10.1. The summed E-state index contributed by atoms with van der Waals surface area (Å²) in [5.74, 6) is -0.972. The number of hydrogen-bond donors (Lipinski definition) is 1. The highest BCUT2D eigenvalue weighted by molar-refractivity contribution is 6.11. The number of aliphatic imine (C=N–C) groups is 1. The van der Waals surface area contributed by atoms with E-state index < -0.39 is 12.3 Å². The summed E-state index contributed by atoms with van der Waals surface area (Å²) in [4.78, 5) is 15.4. The lowest BCUT2D eigenvalue weighted by Crippen LogP contribution is -2.17. The molecule has 2 aromatic carbocycles. The Morgan fingerprint density at radius 3 is 2.39 bits per heavy atom. The molecule has 1 amide bonds. The predicted molar refractivity (Wildman–Crippen MR) is 79.6 cm³/mol. The van der Waals surface area contributed by atoms with Crippen LogP contribution in [0, 0.1) is 0 Å². The van der Waals surface area contributed by atoms with Crippen molar-refractivity contribution in [2.75, 3.05) is 0 Å². The molecular weight excluding hydrogens is 309 g/mol. The molecule has 2 aromatic rings. The number of ether oxygens (including phenoxy) is 1. The number of rotatable bonds is 5. The van der Waals surface area contributed by atoms with E-state index in [1.54, 1.807) is 30.3 Å². The van der Waals surface area contributed by atoms with E-state index in [2.05, 4.69) is 9.73 Å². The van der Waals surface area contributed by atoms with E-state index >= 15 is 0 Å². The number of nitrogens with zero attached hydrogens (tertiary/aromatic N) is 1. The summed E-state index contributed by atoms with van der Waals surface area (Å²) < 4.78 is 40.6. The number of benzene rings is 2. The van der Waals surface area contributed by atoms with Crippen molar-refractivity contribution in [3.8, 4) is 5.75 Å². The topological polar surface area (TPSA) is 64.7 Å². The first-order chi connectivity index (χ1) is 10.8. The third kappa shape index (κ3) is 5.46. The monoisotopic (exact) mass is 322 g/mol. The van der Waals surface area contributed by atoms with E-state index in [1.165, 1.54) is 18.2 Å². The molecule has 2 rings (SSSR count). The highest BCUT2D eigenvalue weighted by Gasteiger charge is 2.31. The fraction of sp³-hybridized carbons (Fsp3) is 0.125. The van der Waals surface area contributed by atoms with Crippen LogP contribution in [-0.2, 0) is 4.79 Å². The average molecular weight is 322 g/mol. The fourth-order valence-electron chi connectivity index (χ4n) is 1.91. The number of carbonyl (C=O) groups is 1. The van der Waals surface area contributed by atoms with Gasteiger partial charge in [0, 0.05) is 6.07 Å². The van der Waals surface area contributed by atoms with Gasteiger partial charge < -0.3 is 10.5 Å². The van der Waals surface area contributed by atoms with Crippen LogP contribution in [0.4, 0.5) is 18.9 Å². The zero-order valence-electron chi connectivity index (χ0n) is 11.9. The van der Waals surface area contributed by atoms with Gasteiger partial charge in [0.1, 0.15) is 5.75 Å². The van der Waals surface area contributed by atoms with Crippen LogP contribution in [-0.4, -0.2) is 18.0 Å². The van der Waals surface area contributed by atoms with Gasteiger partial charge >= 0.3 is 6.36 Å². The van der Waals surface area contributed by atoms with Crippen LogP contribution >= 0.6 is 0 Å². The van der Waals surface area contributed by atoms with Gasteiger partial charge in [0.25, 0.3) is 0 Å². The first-order valence-corrected chi connectivity index (χ1v) is 6.60. The van der Waals surface area contributed by atoms with Crippen LogP contribution in [0.5, 0.6) is 5.75 Å². The molecule has 0 saturated heterocycles. The molecule has 0 fully saturated rings. The molecule has 120 valence electrons. The Balaban J connectivity index is 2.35. The van der Waals surface area contributed by atoms with Gasteiger partial charge in [0.2, 0.25) is 5.91 Å². The van der Waals surface area contributed by atoms with Gasteiger partial charge in [-0.25, -0.2) is 0 Å². The summed E-state index contributed by atoms with van der Waals surface area (Å²) in [5.41, 5.74) is 6.46. The molecule has 7 heteroatoms. The molecule has 0 unspecified atom stereocenters. The number of hydrogen-bond acceptors (Lipinski definition) is 3. The van der Waals surface area contributed by atoms with E-state index in [4.69, 9.17) is 5.73 Å². The lowest BCUT2D eigenvalue weighted by Gasteiger charge is -2.09. The maximum atomic E-state index is 12.3. The van der Waals surface area contributed by atoms with Crippen LogP contribution < -0.4 is 10.5 Å². The molecule has 0 radical (unpaired) electrons. The van der Waals surface area contributed by atoms with Crippen LogP contribution in [0.25, 0.3) is 0 Å². The molecule has 4 nitrogen and oxygen atoms in total. The van der Waals surface area contributed by atoms with Crippen molar-refractivity contribution in [3.63, 3.8) is 0 Å². The van der Waals surface area contributed by atoms with Gasteiger partial charge in [-0.2, -0.15) is 0 Å². The minimum Gasteiger partial charge on any atom is -0.406 e. The zero-order valence-corrected chi connectivity index (χ0v) is 11.9. The van der Waals surface area contributed by atoms with E-state index in [9.17, 15) is 18.0 Å². The third-order valence-electron chi connectivity index (χ3n) is 2.76. The molecule has 0 aliphatic heterocycles. The summed E-state index contributed by atoms with van der Waals surface area (Å²) in [5, 5.41) is 0. The highest BCUT2D eigenvalue weighted by atomic mass is 19.4. The molecule has 0 heterocycles. The zero-order chi connectivity index (χ0) is 16.9. The first-order valence-electron chi connectivity index (χ1n) is 6.60. The quantitative estimate of drug-likeness (QED) is 0.855. The van der Waals surface area contributed by atoms with Gasteiger partial charge in [-0.05, 0) is 17.7 Å². The van der Waals surface area contributed by atoms with Crippen LogP contribution in [0.3, 0.4) is 0 Å². The second-order valence-corrected chi connectivity index (χ2v) is 4.61. The molecule has 0 aliphatic rings. The van der Waals surface area contributed by atoms with Gasteiger partial charge in [-0.15, -0.1) is 13.2 Å². The standard InChI is InChI=1S/C16H13F3N2O2/c17-16(18,19)23-13-8-4-7-12(9-13)21-14(10-15(20)22)11-5-2-1-3-6-11/h1-9H,10H2,(H2,20,22). The van der Waals surface area contributed by atoms with E-state index in [-0.39, 0.29) is 17.9 Å². The Bertz CT molecular complexity index is 713. The second-order valence-electron chi connectivity index (χ2n) is 4.61. The summed E-state index contributed by atoms with van der Waals surface area (Å²) >= 11 is 0. The summed E-state index contributed by atoms with van der Waals surface area (Å²) in [6, 6.07) is 14.0. The first kappa shape index (κ1) is 16.5. The minimum atomic E-state index is -4.78. The highest BCUT2D eigenvalue weighted by Crippen LogP contribution is 2.26.